The second-order valence-corrected chi connectivity index (χ2v) is 5.75. The normalized spacial score (nSPS) is 13.8. The van der Waals surface area contributed by atoms with Crippen molar-refractivity contribution in [2.24, 2.45) is 5.41 Å². The van der Waals surface area contributed by atoms with E-state index >= 15 is 0 Å². The molecular formula is C12H18ClN5. The molecule has 0 bridgehead atoms. The second kappa shape index (κ2) is 4.72. The van der Waals surface area contributed by atoms with Gasteiger partial charge >= 0.3 is 0 Å². The van der Waals surface area contributed by atoms with Gasteiger partial charge in [0.15, 0.2) is 11.5 Å². The molecule has 0 saturated carbocycles. The lowest BCUT2D eigenvalue weighted by atomic mass is 9.85. The maximum absolute atomic E-state index is 5.91. The first-order valence-corrected chi connectivity index (χ1v) is 6.42. The number of hydrogen-bond acceptors (Lipinski definition) is 4. The van der Waals surface area contributed by atoms with Crippen molar-refractivity contribution >= 4 is 28.6 Å². The van der Waals surface area contributed by atoms with E-state index in [0.29, 0.717) is 17.5 Å². The lowest BCUT2D eigenvalue weighted by Crippen LogP contribution is -2.33. The summed E-state index contributed by atoms with van der Waals surface area (Å²) in [6, 6.07) is 0.301. The molecule has 0 amide bonds. The smallest absolute Gasteiger partial charge is 0.226 e. The van der Waals surface area contributed by atoms with E-state index in [1.807, 2.05) is 0 Å². The molecule has 0 saturated heterocycles. The van der Waals surface area contributed by atoms with Crippen LogP contribution in [0.4, 0.5) is 5.82 Å². The summed E-state index contributed by atoms with van der Waals surface area (Å²) in [5.41, 5.74) is 1.52. The van der Waals surface area contributed by atoms with Gasteiger partial charge in [-0.25, -0.2) is 4.98 Å². The Hall–Kier alpha value is -1.36. The van der Waals surface area contributed by atoms with Crippen molar-refractivity contribution in [1.82, 2.24) is 19.9 Å². The van der Waals surface area contributed by atoms with Gasteiger partial charge in [0.25, 0.3) is 0 Å². The number of H-pyrrole nitrogens is 1. The molecule has 0 aliphatic carbocycles. The molecule has 0 radical (unpaired) electrons. The molecule has 0 aliphatic heterocycles. The monoisotopic (exact) mass is 267 g/mol. The van der Waals surface area contributed by atoms with Crippen molar-refractivity contribution in [3.8, 4) is 0 Å². The standard InChI is InChI=1S/C12H18ClN5/c1-5-7(12(2,3)4)16-10-8-9(15-6-14-8)17-11(13)18-10/h6-7H,5H2,1-4H3,(H2,14,15,16,17,18)/t7-/m0/s1. The molecule has 2 rings (SSSR count). The van der Waals surface area contributed by atoms with Crippen LogP contribution in [0.15, 0.2) is 6.33 Å². The SMILES string of the molecule is CC[C@H](Nc1nc(Cl)nc2nc[nH]c12)C(C)(C)C. The van der Waals surface area contributed by atoms with Gasteiger partial charge in [-0.05, 0) is 23.4 Å². The van der Waals surface area contributed by atoms with Crippen molar-refractivity contribution in [3.63, 3.8) is 0 Å². The Labute approximate surface area is 111 Å². The van der Waals surface area contributed by atoms with Crippen LogP contribution in [0.25, 0.3) is 11.2 Å². The van der Waals surface area contributed by atoms with Crippen LogP contribution >= 0.6 is 11.6 Å². The average molecular weight is 268 g/mol. The molecule has 0 aromatic carbocycles. The van der Waals surface area contributed by atoms with E-state index in [4.69, 9.17) is 11.6 Å². The fourth-order valence-electron chi connectivity index (χ4n) is 2.01. The highest BCUT2D eigenvalue weighted by Gasteiger charge is 2.24. The molecule has 0 aliphatic rings. The minimum Gasteiger partial charge on any atom is -0.365 e. The van der Waals surface area contributed by atoms with Crippen molar-refractivity contribution < 1.29 is 0 Å². The van der Waals surface area contributed by atoms with Crippen molar-refractivity contribution in [3.05, 3.63) is 11.6 Å². The zero-order valence-electron chi connectivity index (χ0n) is 11.1. The van der Waals surface area contributed by atoms with E-state index in [9.17, 15) is 0 Å². The molecule has 2 aromatic rings. The first-order valence-electron chi connectivity index (χ1n) is 6.05. The van der Waals surface area contributed by atoms with Crippen LogP contribution in [-0.2, 0) is 0 Å². The Bertz CT molecular complexity index is 543. The lowest BCUT2D eigenvalue weighted by Gasteiger charge is -2.31. The number of aromatic nitrogens is 4. The molecule has 2 heterocycles. The number of aromatic amines is 1. The number of anilines is 1. The largest absolute Gasteiger partial charge is 0.365 e. The lowest BCUT2D eigenvalue weighted by molar-refractivity contribution is 0.333. The average Bonchev–Trinajstić information content (AvgIpc) is 2.71. The quantitative estimate of drug-likeness (QED) is 0.838. The van der Waals surface area contributed by atoms with Crippen molar-refractivity contribution in [1.29, 1.82) is 0 Å². The van der Waals surface area contributed by atoms with Gasteiger partial charge in [-0.15, -0.1) is 0 Å². The van der Waals surface area contributed by atoms with E-state index in [2.05, 4.69) is 52.9 Å². The number of imidazole rings is 1. The third kappa shape index (κ3) is 2.56. The zero-order chi connectivity index (χ0) is 13.3. The summed E-state index contributed by atoms with van der Waals surface area (Å²) in [4.78, 5) is 15.5. The van der Waals surface area contributed by atoms with Gasteiger partial charge in [-0.1, -0.05) is 27.7 Å². The van der Waals surface area contributed by atoms with Gasteiger partial charge < -0.3 is 10.3 Å². The first-order chi connectivity index (χ1) is 8.41. The molecule has 1 atom stereocenters. The molecule has 0 unspecified atom stereocenters. The van der Waals surface area contributed by atoms with Gasteiger partial charge in [-0.3, -0.25) is 0 Å². The Morgan fingerprint density at radius 3 is 2.72 bits per heavy atom. The van der Waals surface area contributed by atoms with Crippen LogP contribution in [0.3, 0.4) is 0 Å². The fraction of sp³-hybridized carbons (Fsp3) is 0.583. The van der Waals surface area contributed by atoms with Crippen LogP contribution in [0.2, 0.25) is 5.28 Å². The summed E-state index contributed by atoms with van der Waals surface area (Å²) >= 11 is 5.91. The molecule has 6 heteroatoms. The number of rotatable bonds is 3. The predicted octanol–water partition coefficient (Wildman–Crippen LogP) is 3.24. The first kappa shape index (κ1) is 13.1. The van der Waals surface area contributed by atoms with Crippen LogP contribution in [0.1, 0.15) is 34.1 Å². The predicted molar refractivity (Wildman–Crippen MR) is 73.9 cm³/mol. The van der Waals surface area contributed by atoms with Crippen LogP contribution in [0.5, 0.6) is 0 Å². The molecular weight excluding hydrogens is 250 g/mol. The van der Waals surface area contributed by atoms with Gasteiger partial charge in [0.05, 0.1) is 6.33 Å². The van der Waals surface area contributed by atoms with Crippen molar-refractivity contribution in [2.75, 3.05) is 5.32 Å². The molecule has 2 N–H and O–H groups in total. The Morgan fingerprint density at radius 1 is 1.39 bits per heavy atom. The van der Waals surface area contributed by atoms with Gasteiger partial charge in [0.1, 0.15) is 5.52 Å². The van der Waals surface area contributed by atoms with Crippen molar-refractivity contribution in [2.45, 2.75) is 40.2 Å². The Morgan fingerprint density at radius 2 is 2.11 bits per heavy atom. The number of nitrogens with zero attached hydrogens (tertiary/aromatic N) is 3. The molecule has 2 aromatic heterocycles. The van der Waals surface area contributed by atoms with E-state index in [0.717, 1.165) is 11.9 Å². The molecule has 0 fully saturated rings. The summed E-state index contributed by atoms with van der Waals surface area (Å²) < 4.78 is 0. The molecule has 18 heavy (non-hydrogen) atoms. The van der Waals surface area contributed by atoms with E-state index in [-0.39, 0.29) is 10.7 Å². The topological polar surface area (TPSA) is 66.5 Å². The zero-order valence-corrected chi connectivity index (χ0v) is 11.8. The van der Waals surface area contributed by atoms with Gasteiger partial charge in [-0.2, -0.15) is 9.97 Å². The summed E-state index contributed by atoms with van der Waals surface area (Å²) in [5.74, 6) is 0.712. The summed E-state index contributed by atoms with van der Waals surface area (Å²) in [5, 5.41) is 3.64. The van der Waals surface area contributed by atoms with Crippen LogP contribution in [0, 0.1) is 5.41 Å². The van der Waals surface area contributed by atoms with Gasteiger partial charge in [0, 0.05) is 6.04 Å². The molecule has 0 spiro atoms. The number of fused-ring (bicyclic) bond motifs is 1. The number of halogens is 1. The Kier molecular flexibility index (Phi) is 3.43. The van der Waals surface area contributed by atoms with E-state index < -0.39 is 0 Å². The van der Waals surface area contributed by atoms with E-state index in [1.54, 1.807) is 6.33 Å². The highest BCUT2D eigenvalue weighted by atomic mass is 35.5. The second-order valence-electron chi connectivity index (χ2n) is 5.41. The maximum atomic E-state index is 5.91. The molecule has 5 nitrogen and oxygen atoms in total. The highest BCUT2D eigenvalue weighted by Crippen LogP contribution is 2.27. The fourth-order valence-corrected chi connectivity index (χ4v) is 2.17. The minimum absolute atomic E-state index is 0.137. The number of nitrogens with one attached hydrogen (secondary N) is 2. The highest BCUT2D eigenvalue weighted by molar-refractivity contribution is 6.28. The minimum atomic E-state index is 0.137. The molecule has 98 valence electrons. The summed E-state index contributed by atoms with van der Waals surface area (Å²) in [6.07, 6.45) is 2.60. The third-order valence-electron chi connectivity index (χ3n) is 3.02. The van der Waals surface area contributed by atoms with E-state index in [1.165, 1.54) is 0 Å². The summed E-state index contributed by atoms with van der Waals surface area (Å²) in [6.45, 7) is 8.74. The summed E-state index contributed by atoms with van der Waals surface area (Å²) in [7, 11) is 0. The van der Waals surface area contributed by atoms with Crippen LogP contribution < -0.4 is 5.32 Å². The van der Waals surface area contributed by atoms with Crippen LogP contribution in [-0.4, -0.2) is 26.0 Å². The maximum Gasteiger partial charge on any atom is 0.226 e. The third-order valence-corrected chi connectivity index (χ3v) is 3.19. The number of hydrogen-bond donors (Lipinski definition) is 2. The Balaban J connectivity index is 2.39. The van der Waals surface area contributed by atoms with Gasteiger partial charge in [0.2, 0.25) is 5.28 Å².